The Kier molecular flexibility index (Phi) is 21.4. The van der Waals surface area contributed by atoms with Crippen molar-refractivity contribution in [3.05, 3.63) is 0 Å². The fourth-order valence-electron chi connectivity index (χ4n) is 3.49. The Hall–Kier alpha value is -0.250. The number of rotatable bonds is 21. The van der Waals surface area contributed by atoms with Gasteiger partial charge in [-0.2, -0.15) is 5.26 Å². The number of hydrogen-bond acceptors (Lipinski definition) is 5. The molecule has 0 radical (unpaired) electrons. The van der Waals surface area contributed by atoms with Gasteiger partial charge in [-0.15, -0.1) is 11.8 Å². The maximum atomic E-state index is 10.7. The lowest BCUT2D eigenvalue weighted by Crippen LogP contribution is -2.20. The van der Waals surface area contributed by atoms with Gasteiger partial charge in [-0.3, -0.25) is 4.79 Å². The normalized spacial score (nSPS) is 12.9. The largest absolute Gasteiger partial charge is 0.481 e. The highest BCUT2D eigenvalue weighted by Gasteiger charge is 2.27. The predicted molar refractivity (Wildman–Crippen MR) is 143 cm³/mol. The summed E-state index contributed by atoms with van der Waals surface area (Å²) in [5.74, 6) is 0.124. The van der Waals surface area contributed by atoms with Crippen LogP contribution in [0.25, 0.3) is 0 Å². The summed E-state index contributed by atoms with van der Waals surface area (Å²) in [5, 5.41) is 18.2. The van der Waals surface area contributed by atoms with E-state index < -0.39 is 10.7 Å². The molecular weight excluding hydrogens is 442 g/mol. The molecule has 1 unspecified atom stereocenters. The molecule has 0 aromatic rings. The third kappa shape index (κ3) is 21.4. The Bertz CT molecular complexity index is 507. The number of carboxylic acids is 1. The van der Waals surface area contributed by atoms with E-state index in [4.69, 9.17) is 17.3 Å². The summed E-state index contributed by atoms with van der Waals surface area (Å²) >= 11 is 8.37. The molecule has 0 aromatic heterocycles. The molecule has 180 valence electrons. The standard InChI is InChI=1S/C25H45NO2S3/c1-3-4-5-6-7-8-9-10-11-12-13-14-15-16-17-18-21-30-24(29)31-25(2,22-26)20-19-23(27)28/h3-21H2,1-2H3,(H,27,28). The first-order chi connectivity index (χ1) is 14.9. The number of nitrogens with zero attached hydrogens (tertiary/aromatic N) is 1. The minimum atomic E-state index is -0.867. The second-order valence-electron chi connectivity index (χ2n) is 8.74. The van der Waals surface area contributed by atoms with Gasteiger partial charge in [0.05, 0.1) is 6.07 Å². The third-order valence-electron chi connectivity index (χ3n) is 5.58. The quantitative estimate of drug-likeness (QED) is 0.129. The van der Waals surface area contributed by atoms with Crippen LogP contribution in [0.1, 0.15) is 129 Å². The smallest absolute Gasteiger partial charge is 0.303 e. The Balaban J connectivity index is 3.43. The van der Waals surface area contributed by atoms with Crippen LogP contribution >= 0.6 is 35.7 Å². The van der Waals surface area contributed by atoms with Gasteiger partial charge in [-0.05, 0) is 25.5 Å². The van der Waals surface area contributed by atoms with E-state index in [0.29, 0.717) is 6.42 Å². The maximum absolute atomic E-state index is 10.7. The Morgan fingerprint density at radius 1 is 0.871 bits per heavy atom. The van der Waals surface area contributed by atoms with Gasteiger partial charge < -0.3 is 5.11 Å². The van der Waals surface area contributed by atoms with Gasteiger partial charge in [0.2, 0.25) is 0 Å². The Morgan fingerprint density at radius 3 is 1.68 bits per heavy atom. The van der Waals surface area contributed by atoms with Crippen LogP contribution in [0.15, 0.2) is 0 Å². The van der Waals surface area contributed by atoms with E-state index in [0.717, 1.165) is 15.7 Å². The number of thiocarbonyl (C=S) groups is 1. The van der Waals surface area contributed by atoms with Crippen LogP contribution in [0, 0.1) is 11.3 Å². The third-order valence-corrected chi connectivity index (χ3v) is 8.43. The lowest BCUT2D eigenvalue weighted by molar-refractivity contribution is -0.137. The molecular formula is C25H45NO2S3. The molecule has 1 N–H and O–H groups in total. The molecule has 3 nitrogen and oxygen atoms in total. The molecule has 31 heavy (non-hydrogen) atoms. The van der Waals surface area contributed by atoms with E-state index in [-0.39, 0.29) is 6.42 Å². The van der Waals surface area contributed by atoms with Crippen LogP contribution < -0.4 is 0 Å². The van der Waals surface area contributed by atoms with Gasteiger partial charge in [-0.1, -0.05) is 127 Å². The first-order valence-corrected chi connectivity index (χ1v) is 14.6. The molecule has 0 aromatic carbocycles. The predicted octanol–water partition coefficient (Wildman–Crippen LogP) is 9.15. The zero-order valence-corrected chi connectivity index (χ0v) is 22.4. The number of hydrogen-bond donors (Lipinski definition) is 1. The van der Waals surface area contributed by atoms with Crippen molar-refractivity contribution in [2.24, 2.45) is 0 Å². The summed E-state index contributed by atoms with van der Waals surface area (Å²) in [6.07, 6.45) is 22.2. The van der Waals surface area contributed by atoms with Gasteiger partial charge in [0.25, 0.3) is 0 Å². The molecule has 0 saturated carbocycles. The maximum Gasteiger partial charge on any atom is 0.303 e. The topological polar surface area (TPSA) is 61.1 Å². The van der Waals surface area contributed by atoms with Crippen LogP contribution in [0.3, 0.4) is 0 Å². The molecule has 6 heteroatoms. The van der Waals surface area contributed by atoms with Crippen molar-refractivity contribution in [1.82, 2.24) is 0 Å². The van der Waals surface area contributed by atoms with Gasteiger partial charge in [-0.25, -0.2) is 0 Å². The van der Waals surface area contributed by atoms with Crippen LogP contribution in [0.4, 0.5) is 0 Å². The summed E-state index contributed by atoms with van der Waals surface area (Å²) in [6.45, 7) is 4.06. The van der Waals surface area contributed by atoms with E-state index >= 15 is 0 Å². The molecule has 0 saturated heterocycles. The Labute approximate surface area is 205 Å². The lowest BCUT2D eigenvalue weighted by atomic mass is 10.0. The van der Waals surface area contributed by atoms with Crippen molar-refractivity contribution in [3.63, 3.8) is 0 Å². The molecule has 0 aliphatic carbocycles. The highest BCUT2D eigenvalue weighted by molar-refractivity contribution is 8.47. The van der Waals surface area contributed by atoms with Crippen LogP contribution in [0.2, 0.25) is 0 Å². The summed E-state index contributed by atoms with van der Waals surface area (Å²) in [5.41, 5.74) is 0. The fraction of sp³-hybridized carbons (Fsp3) is 0.880. The van der Waals surface area contributed by atoms with Crippen molar-refractivity contribution >= 4 is 45.2 Å². The van der Waals surface area contributed by atoms with Crippen LogP contribution in [-0.4, -0.2) is 25.1 Å². The number of thioether (sulfide) groups is 2. The molecule has 0 fully saturated rings. The number of carbonyl (C=O) groups is 1. The van der Waals surface area contributed by atoms with Gasteiger partial charge >= 0.3 is 5.97 Å². The number of carboxylic acid groups (broad SMARTS) is 1. The van der Waals surface area contributed by atoms with Crippen molar-refractivity contribution in [2.75, 3.05) is 5.75 Å². The van der Waals surface area contributed by atoms with E-state index in [1.165, 1.54) is 108 Å². The van der Waals surface area contributed by atoms with E-state index in [9.17, 15) is 10.1 Å². The minimum Gasteiger partial charge on any atom is -0.481 e. The molecule has 0 spiro atoms. The van der Waals surface area contributed by atoms with Gasteiger partial charge in [0, 0.05) is 6.42 Å². The first kappa shape index (κ1) is 30.8. The summed E-state index contributed by atoms with van der Waals surface area (Å²) in [6, 6.07) is 2.22. The molecule has 0 heterocycles. The molecule has 0 amide bonds. The zero-order chi connectivity index (χ0) is 23.2. The highest BCUT2D eigenvalue weighted by Crippen LogP contribution is 2.34. The van der Waals surface area contributed by atoms with Crippen molar-refractivity contribution < 1.29 is 9.90 Å². The van der Waals surface area contributed by atoms with Crippen molar-refractivity contribution in [1.29, 1.82) is 5.26 Å². The number of aliphatic carboxylic acids is 1. The number of unbranched alkanes of at least 4 members (excludes halogenated alkanes) is 15. The van der Waals surface area contributed by atoms with E-state index in [1.807, 2.05) is 0 Å². The van der Waals surface area contributed by atoms with Crippen LogP contribution in [-0.2, 0) is 4.79 Å². The van der Waals surface area contributed by atoms with E-state index in [2.05, 4.69) is 13.0 Å². The summed E-state index contributed by atoms with van der Waals surface area (Å²) in [4.78, 5) is 10.7. The summed E-state index contributed by atoms with van der Waals surface area (Å²) in [7, 11) is 0. The molecule has 0 aliphatic rings. The zero-order valence-electron chi connectivity index (χ0n) is 20.0. The minimum absolute atomic E-state index is 0.00344. The lowest BCUT2D eigenvalue weighted by Gasteiger charge is -2.19. The second-order valence-corrected chi connectivity index (χ2v) is 12.5. The molecule has 0 rings (SSSR count). The Morgan fingerprint density at radius 2 is 1.29 bits per heavy atom. The van der Waals surface area contributed by atoms with Crippen LogP contribution in [0.5, 0.6) is 0 Å². The molecule has 0 aliphatic heterocycles. The van der Waals surface area contributed by atoms with Gasteiger partial charge in [0.1, 0.15) is 8.28 Å². The fourth-order valence-corrected chi connectivity index (χ4v) is 6.47. The average Bonchev–Trinajstić information content (AvgIpc) is 2.74. The summed E-state index contributed by atoms with van der Waals surface area (Å²) < 4.78 is 0.0206. The van der Waals surface area contributed by atoms with Crippen molar-refractivity contribution in [2.45, 2.75) is 134 Å². The monoisotopic (exact) mass is 487 g/mol. The first-order valence-electron chi connectivity index (χ1n) is 12.4. The average molecular weight is 488 g/mol. The highest BCUT2D eigenvalue weighted by atomic mass is 32.2. The van der Waals surface area contributed by atoms with Gasteiger partial charge in [0.15, 0.2) is 0 Å². The van der Waals surface area contributed by atoms with E-state index in [1.54, 1.807) is 18.7 Å². The molecule has 1 atom stereocenters. The second kappa shape index (κ2) is 21.6. The SMILES string of the molecule is CCCCCCCCCCCCCCCCCCSC(=S)SC(C)(C#N)CCC(=O)O. The number of nitriles is 1. The molecule has 0 bridgehead atoms. The van der Waals surface area contributed by atoms with Crippen molar-refractivity contribution in [3.8, 4) is 6.07 Å².